The van der Waals surface area contributed by atoms with E-state index in [9.17, 15) is 9.18 Å². The molecule has 25 heavy (non-hydrogen) atoms. The van der Waals surface area contributed by atoms with Crippen LogP contribution in [0.25, 0.3) is 0 Å². The number of anilines is 2. The second-order valence-electron chi connectivity index (χ2n) is 7.60. The molecule has 1 aliphatic rings. The molecule has 1 aromatic rings. The highest BCUT2D eigenvalue weighted by molar-refractivity contribution is 7.59. The Bertz CT molecular complexity index is 586. The lowest BCUT2D eigenvalue weighted by atomic mass is 9.78. The summed E-state index contributed by atoms with van der Waals surface area (Å²) < 4.78 is 18.4. The second kappa shape index (κ2) is 8.65. The summed E-state index contributed by atoms with van der Waals surface area (Å²) in [4.78, 5) is 13.5. The van der Waals surface area contributed by atoms with Crippen molar-refractivity contribution in [2.75, 3.05) is 24.6 Å². The van der Waals surface area contributed by atoms with E-state index in [0.717, 1.165) is 24.9 Å². The number of hydrogen-bond acceptors (Lipinski definition) is 4. The third kappa shape index (κ3) is 6.65. The smallest absolute Gasteiger partial charge is 0.410 e. The van der Waals surface area contributed by atoms with Gasteiger partial charge in [-0.25, -0.2) is 9.18 Å². The van der Waals surface area contributed by atoms with Crippen LogP contribution < -0.4 is 11.1 Å². The molecule has 0 unspecified atom stereocenters. The Kier molecular flexibility index (Phi) is 7.41. The van der Waals surface area contributed by atoms with Crippen molar-refractivity contribution in [3.8, 4) is 0 Å². The summed E-state index contributed by atoms with van der Waals surface area (Å²) in [6, 6.07) is 4.77. The first kappa shape index (κ1) is 21.4. The minimum atomic E-state index is -0.466. The normalized spacial score (nSPS) is 19.4. The monoisotopic (exact) mass is 371 g/mol. The Morgan fingerprint density at radius 3 is 2.60 bits per heavy atom. The molecule has 7 heteroatoms. The predicted molar refractivity (Wildman–Crippen MR) is 105 cm³/mol. The Morgan fingerprint density at radius 1 is 1.40 bits per heavy atom. The third-order valence-corrected chi connectivity index (χ3v) is 4.19. The molecule has 0 aliphatic heterocycles. The van der Waals surface area contributed by atoms with Crippen LogP contribution >= 0.6 is 13.5 Å². The first-order valence-corrected chi connectivity index (χ1v) is 8.40. The number of nitrogens with two attached hydrogens (primary N) is 1. The molecular formula is C18H30FN3O2S. The number of nitrogen functional groups attached to an aromatic ring is 1. The standard InChI is InChI=1S/C18H28FN3O2.H2S/c1-18(2,3)24-17(23)22(4)8-7-12-9-14(10-12)21-16-6-5-13(19)11-15(16)20;/h5-6,11-12,14,21H,7-10,20H2,1-4H3;1H2. The molecule has 142 valence electrons. The molecule has 0 bridgehead atoms. The minimum Gasteiger partial charge on any atom is -0.444 e. The number of nitrogens with one attached hydrogen (secondary N) is 1. The van der Waals surface area contributed by atoms with Gasteiger partial charge in [0.2, 0.25) is 0 Å². The molecule has 1 aromatic carbocycles. The lowest BCUT2D eigenvalue weighted by molar-refractivity contribution is 0.0282. The zero-order chi connectivity index (χ0) is 17.9. The van der Waals surface area contributed by atoms with Gasteiger partial charge in [0.1, 0.15) is 11.4 Å². The van der Waals surface area contributed by atoms with Gasteiger partial charge in [-0.2, -0.15) is 13.5 Å². The molecule has 0 radical (unpaired) electrons. The van der Waals surface area contributed by atoms with Gasteiger partial charge < -0.3 is 20.7 Å². The molecular weight excluding hydrogens is 341 g/mol. The van der Waals surface area contributed by atoms with Crippen molar-refractivity contribution in [2.24, 2.45) is 5.92 Å². The average Bonchev–Trinajstić information content (AvgIpc) is 2.41. The van der Waals surface area contributed by atoms with Crippen molar-refractivity contribution < 1.29 is 13.9 Å². The van der Waals surface area contributed by atoms with Crippen LogP contribution in [0.2, 0.25) is 0 Å². The van der Waals surface area contributed by atoms with Gasteiger partial charge >= 0.3 is 6.09 Å². The fraction of sp³-hybridized carbons (Fsp3) is 0.611. The molecule has 2 rings (SSSR count). The fourth-order valence-corrected chi connectivity index (χ4v) is 2.78. The SMILES string of the molecule is CN(CCC1CC(Nc2ccc(F)cc2N)C1)C(=O)OC(C)(C)C.S. The van der Waals surface area contributed by atoms with E-state index < -0.39 is 5.60 Å². The summed E-state index contributed by atoms with van der Waals surface area (Å²) in [5.41, 5.74) is 6.55. The van der Waals surface area contributed by atoms with Gasteiger partial charge in [-0.05, 0) is 64.2 Å². The fourth-order valence-electron chi connectivity index (χ4n) is 2.78. The van der Waals surface area contributed by atoms with Crippen molar-refractivity contribution in [3.63, 3.8) is 0 Å². The number of carbonyl (C=O) groups is 1. The molecule has 0 atom stereocenters. The van der Waals surface area contributed by atoms with Crippen LogP contribution in [0.1, 0.15) is 40.0 Å². The Labute approximate surface area is 156 Å². The summed E-state index contributed by atoms with van der Waals surface area (Å²) in [6.45, 7) is 6.28. The molecule has 1 saturated carbocycles. The summed E-state index contributed by atoms with van der Waals surface area (Å²) >= 11 is 0. The predicted octanol–water partition coefficient (Wildman–Crippen LogP) is 3.97. The van der Waals surface area contributed by atoms with Crippen molar-refractivity contribution in [1.82, 2.24) is 4.90 Å². The molecule has 0 heterocycles. The molecule has 0 saturated heterocycles. The zero-order valence-electron chi connectivity index (χ0n) is 15.4. The number of hydrogen-bond donors (Lipinski definition) is 2. The van der Waals surface area contributed by atoms with Gasteiger partial charge in [0.05, 0.1) is 11.4 Å². The summed E-state index contributed by atoms with van der Waals surface area (Å²) in [5.74, 6) is 0.253. The number of halogens is 1. The lowest BCUT2D eigenvalue weighted by Gasteiger charge is -2.37. The minimum absolute atomic E-state index is 0. The zero-order valence-corrected chi connectivity index (χ0v) is 16.4. The van der Waals surface area contributed by atoms with Crippen LogP contribution in [0.5, 0.6) is 0 Å². The summed E-state index contributed by atoms with van der Waals surface area (Å²) in [6.07, 6.45) is 2.72. The maximum atomic E-state index is 13.0. The highest BCUT2D eigenvalue weighted by atomic mass is 32.1. The van der Waals surface area contributed by atoms with E-state index in [-0.39, 0.29) is 25.4 Å². The van der Waals surface area contributed by atoms with Crippen molar-refractivity contribution in [3.05, 3.63) is 24.0 Å². The quantitative estimate of drug-likeness (QED) is 0.769. The highest BCUT2D eigenvalue weighted by Gasteiger charge is 2.30. The number of benzene rings is 1. The van der Waals surface area contributed by atoms with Gasteiger partial charge in [0.15, 0.2) is 0 Å². The Hall–Kier alpha value is -1.63. The summed E-state index contributed by atoms with van der Waals surface area (Å²) in [7, 11) is 1.77. The summed E-state index contributed by atoms with van der Waals surface area (Å²) in [5, 5.41) is 3.35. The Morgan fingerprint density at radius 2 is 2.04 bits per heavy atom. The van der Waals surface area contributed by atoms with Gasteiger partial charge in [-0.15, -0.1) is 0 Å². The molecule has 1 fully saturated rings. The highest BCUT2D eigenvalue weighted by Crippen LogP contribution is 2.34. The van der Waals surface area contributed by atoms with Crippen LogP contribution in [0, 0.1) is 11.7 Å². The number of amides is 1. The van der Waals surface area contributed by atoms with Gasteiger partial charge in [0, 0.05) is 19.6 Å². The van der Waals surface area contributed by atoms with Gasteiger partial charge in [-0.1, -0.05) is 0 Å². The Balaban J connectivity index is 0.00000312. The van der Waals surface area contributed by atoms with E-state index in [1.807, 2.05) is 20.8 Å². The molecule has 1 aliphatic carbocycles. The first-order chi connectivity index (χ1) is 11.1. The van der Waals surface area contributed by atoms with Gasteiger partial charge in [0.25, 0.3) is 0 Å². The van der Waals surface area contributed by atoms with Crippen molar-refractivity contribution >= 4 is 31.0 Å². The maximum Gasteiger partial charge on any atom is 0.410 e. The van der Waals surface area contributed by atoms with E-state index >= 15 is 0 Å². The van der Waals surface area contributed by atoms with Gasteiger partial charge in [-0.3, -0.25) is 0 Å². The first-order valence-electron chi connectivity index (χ1n) is 8.40. The molecule has 5 nitrogen and oxygen atoms in total. The topological polar surface area (TPSA) is 67.6 Å². The van der Waals surface area contributed by atoms with E-state index in [1.54, 1.807) is 18.0 Å². The van der Waals surface area contributed by atoms with Crippen LogP contribution in [-0.2, 0) is 4.74 Å². The number of nitrogens with zero attached hydrogens (tertiary/aromatic N) is 1. The van der Waals surface area contributed by atoms with E-state index in [0.29, 0.717) is 24.2 Å². The number of ether oxygens (including phenoxy) is 1. The lowest BCUT2D eigenvalue weighted by Crippen LogP contribution is -2.39. The van der Waals surface area contributed by atoms with Crippen LogP contribution in [-0.4, -0.2) is 36.2 Å². The third-order valence-electron chi connectivity index (χ3n) is 4.19. The van der Waals surface area contributed by atoms with Crippen LogP contribution in [0.4, 0.5) is 20.6 Å². The second-order valence-corrected chi connectivity index (χ2v) is 7.60. The number of rotatable bonds is 5. The van der Waals surface area contributed by atoms with E-state index in [4.69, 9.17) is 10.5 Å². The molecule has 1 amide bonds. The largest absolute Gasteiger partial charge is 0.444 e. The molecule has 0 spiro atoms. The maximum absolute atomic E-state index is 13.0. The molecule has 0 aromatic heterocycles. The van der Waals surface area contributed by atoms with Crippen LogP contribution in [0.3, 0.4) is 0 Å². The molecule has 3 N–H and O–H groups in total. The number of carbonyl (C=O) groups excluding carboxylic acids is 1. The van der Waals surface area contributed by atoms with Crippen molar-refractivity contribution in [2.45, 2.75) is 51.7 Å². The average molecular weight is 372 g/mol. The van der Waals surface area contributed by atoms with E-state index in [1.165, 1.54) is 12.1 Å². The van der Waals surface area contributed by atoms with Crippen molar-refractivity contribution in [1.29, 1.82) is 0 Å². The van der Waals surface area contributed by atoms with E-state index in [2.05, 4.69) is 5.32 Å². The van der Waals surface area contributed by atoms with Crippen LogP contribution in [0.15, 0.2) is 18.2 Å².